The Balaban J connectivity index is 1.66. The average molecular weight is 378 g/mol. The molecule has 0 unspecified atom stereocenters. The molecule has 154 valence electrons. The van der Waals surface area contributed by atoms with E-state index in [0.717, 1.165) is 24.8 Å². The van der Waals surface area contributed by atoms with Gasteiger partial charge in [0.15, 0.2) is 5.96 Å². The molecule has 1 aliphatic rings. The van der Waals surface area contributed by atoms with E-state index in [-0.39, 0.29) is 5.41 Å². The van der Waals surface area contributed by atoms with Gasteiger partial charge in [-0.15, -0.1) is 0 Å². The molecule has 27 heavy (non-hydrogen) atoms. The van der Waals surface area contributed by atoms with Crippen LogP contribution < -0.4 is 10.6 Å². The smallest absolute Gasteiger partial charge is 0.216 e. The molecule has 0 aliphatic carbocycles. The fourth-order valence-corrected chi connectivity index (χ4v) is 3.25. The van der Waals surface area contributed by atoms with Gasteiger partial charge in [-0.1, -0.05) is 33.6 Å². The monoisotopic (exact) mass is 377 g/mol. The minimum atomic E-state index is -0.0219. The van der Waals surface area contributed by atoms with Crippen molar-refractivity contribution in [3.05, 3.63) is 17.8 Å². The Labute approximate surface area is 165 Å². The third-order valence-electron chi connectivity index (χ3n) is 4.90. The van der Waals surface area contributed by atoms with E-state index in [1.807, 2.05) is 6.20 Å². The summed E-state index contributed by atoms with van der Waals surface area (Å²) < 4.78 is 5.81. The van der Waals surface area contributed by atoms with Crippen molar-refractivity contribution in [3.8, 4) is 0 Å². The Kier molecular flexibility index (Phi) is 9.11. The fourth-order valence-electron chi connectivity index (χ4n) is 3.25. The maximum absolute atomic E-state index is 5.81. The first-order chi connectivity index (χ1) is 13.0. The molecule has 0 aromatic carbocycles. The first-order valence-corrected chi connectivity index (χ1v) is 10.7. The molecule has 2 heterocycles. The lowest BCUT2D eigenvalue weighted by molar-refractivity contribution is 0.224. The lowest BCUT2D eigenvalue weighted by Crippen LogP contribution is -2.37. The van der Waals surface area contributed by atoms with E-state index >= 15 is 0 Å². The molecular formula is C21H39N5O. The van der Waals surface area contributed by atoms with Crippen LogP contribution in [-0.4, -0.2) is 48.6 Å². The van der Waals surface area contributed by atoms with Crippen molar-refractivity contribution >= 4 is 5.96 Å². The number of hydrogen-bond donors (Lipinski definition) is 2. The number of likely N-dealkylation sites (tertiary alicyclic amines) is 1. The first kappa shape index (κ1) is 21.7. The summed E-state index contributed by atoms with van der Waals surface area (Å²) in [4.78, 5) is 11.6. The summed E-state index contributed by atoms with van der Waals surface area (Å²) in [6.07, 6.45) is 9.72. The van der Waals surface area contributed by atoms with Crippen LogP contribution in [-0.2, 0) is 12.0 Å². The van der Waals surface area contributed by atoms with Gasteiger partial charge in [0.05, 0.1) is 6.20 Å². The fraction of sp³-hybridized carbons (Fsp3) is 0.810. The van der Waals surface area contributed by atoms with Crippen LogP contribution in [0.1, 0.15) is 77.9 Å². The van der Waals surface area contributed by atoms with Crippen LogP contribution in [0.5, 0.6) is 0 Å². The molecule has 6 nitrogen and oxygen atoms in total. The van der Waals surface area contributed by atoms with Crippen LogP contribution in [0.2, 0.25) is 0 Å². The van der Waals surface area contributed by atoms with Crippen LogP contribution >= 0.6 is 0 Å². The standard InChI is InChI=1S/C21H39N5O/c1-5-22-20(25-17-19-24-16-18(27-19)21(2,3)4)23-12-8-6-9-13-26-14-10-7-11-15-26/h16H,5-15,17H2,1-4H3,(H2,22,23,25). The number of aliphatic imine (C=N–C) groups is 1. The Bertz CT molecular complexity index is 555. The molecule has 1 aromatic rings. The number of aromatic nitrogens is 1. The largest absolute Gasteiger partial charge is 0.443 e. The second-order valence-corrected chi connectivity index (χ2v) is 8.45. The second-order valence-electron chi connectivity index (χ2n) is 8.45. The van der Waals surface area contributed by atoms with Crippen LogP contribution in [0.4, 0.5) is 0 Å². The van der Waals surface area contributed by atoms with Crippen molar-refractivity contribution < 1.29 is 4.42 Å². The molecule has 0 atom stereocenters. The molecule has 1 aromatic heterocycles. The number of oxazole rings is 1. The maximum Gasteiger partial charge on any atom is 0.216 e. The maximum atomic E-state index is 5.81. The minimum Gasteiger partial charge on any atom is -0.443 e. The molecular weight excluding hydrogens is 338 g/mol. The Morgan fingerprint density at radius 1 is 1.15 bits per heavy atom. The third-order valence-corrected chi connectivity index (χ3v) is 4.90. The lowest BCUT2D eigenvalue weighted by atomic mass is 9.94. The Hall–Kier alpha value is -1.56. The van der Waals surface area contributed by atoms with Crippen molar-refractivity contribution in [1.29, 1.82) is 0 Å². The molecule has 0 spiro atoms. The van der Waals surface area contributed by atoms with Gasteiger partial charge in [0.25, 0.3) is 0 Å². The minimum absolute atomic E-state index is 0.0219. The van der Waals surface area contributed by atoms with Crippen molar-refractivity contribution in [3.63, 3.8) is 0 Å². The molecule has 1 fully saturated rings. The molecule has 1 saturated heterocycles. The van der Waals surface area contributed by atoms with E-state index < -0.39 is 0 Å². The highest BCUT2D eigenvalue weighted by Gasteiger charge is 2.19. The molecule has 2 N–H and O–H groups in total. The molecule has 0 bridgehead atoms. The SMILES string of the molecule is CCNC(=NCc1ncc(C(C)(C)C)o1)NCCCCCN1CCCCC1. The van der Waals surface area contributed by atoms with Gasteiger partial charge in [-0.05, 0) is 52.2 Å². The average Bonchev–Trinajstić information content (AvgIpc) is 3.13. The predicted octanol–water partition coefficient (Wildman–Crippen LogP) is 3.68. The molecule has 0 radical (unpaired) electrons. The molecule has 0 amide bonds. The highest BCUT2D eigenvalue weighted by Crippen LogP contribution is 2.22. The van der Waals surface area contributed by atoms with Crippen LogP contribution in [0.3, 0.4) is 0 Å². The van der Waals surface area contributed by atoms with E-state index in [0.29, 0.717) is 12.4 Å². The zero-order valence-electron chi connectivity index (χ0n) is 17.8. The van der Waals surface area contributed by atoms with Gasteiger partial charge in [0.2, 0.25) is 5.89 Å². The van der Waals surface area contributed by atoms with Gasteiger partial charge in [-0.25, -0.2) is 9.98 Å². The summed E-state index contributed by atoms with van der Waals surface area (Å²) in [5.74, 6) is 2.40. The number of piperidine rings is 1. The number of guanidine groups is 1. The lowest BCUT2D eigenvalue weighted by Gasteiger charge is -2.26. The normalized spacial score (nSPS) is 16.5. The summed E-state index contributed by atoms with van der Waals surface area (Å²) in [6, 6.07) is 0. The summed E-state index contributed by atoms with van der Waals surface area (Å²) >= 11 is 0. The summed E-state index contributed by atoms with van der Waals surface area (Å²) in [6.45, 7) is 14.6. The molecule has 6 heteroatoms. The Morgan fingerprint density at radius 3 is 2.59 bits per heavy atom. The quantitative estimate of drug-likeness (QED) is 0.390. The van der Waals surface area contributed by atoms with E-state index in [1.165, 1.54) is 58.2 Å². The van der Waals surface area contributed by atoms with Crippen LogP contribution in [0.25, 0.3) is 0 Å². The van der Waals surface area contributed by atoms with E-state index in [9.17, 15) is 0 Å². The number of unbranched alkanes of at least 4 members (excludes halogenated alkanes) is 2. The van der Waals surface area contributed by atoms with Gasteiger partial charge in [-0.3, -0.25) is 0 Å². The molecule has 2 rings (SSSR count). The molecule has 1 aliphatic heterocycles. The molecule has 0 saturated carbocycles. The Morgan fingerprint density at radius 2 is 1.93 bits per heavy atom. The van der Waals surface area contributed by atoms with Gasteiger partial charge >= 0.3 is 0 Å². The highest BCUT2D eigenvalue weighted by atomic mass is 16.4. The van der Waals surface area contributed by atoms with Gasteiger partial charge < -0.3 is 20.0 Å². The highest BCUT2D eigenvalue weighted by molar-refractivity contribution is 5.79. The number of nitrogens with zero attached hydrogens (tertiary/aromatic N) is 3. The topological polar surface area (TPSA) is 65.7 Å². The predicted molar refractivity (Wildman–Crippen MR) is 112 cm³/mol. The summed E-state index contributed by atoms with van der Waals surface area (Å²) in [5, 5.41) is 6.72. The van der Waals surface area contributed by atoms with E-state index in [4.69, 9.17) is 4.42 Å². The third kappa shape index (κ3) is 8.33. The zero-order valence-corrected chi connectivity index (χ0v) is 17.8. The van der Waals surface area contributed by atoms with Crippen LogP contribution in [0, 0.1) is 0 Å². The zero-order chi connectivity index (χ0) is 19.5. The summed E-state index contributed by atoms with van der Waals surface area (Å²) in [7, 11) is 0. The van der Waals surface area contributed by atoms with E-state index in [2.05, 4.69) is 53.2 Å². The first-order valence-electron chi connectivity index (χ1n) is 10.7. The van der Waals surface area contributed by atoms with Crippen molar-refractivity contribution in [2.75, 3.05) is 32.7 Å². The van der Waals surface area contributed by atoms with Gasteiger partial charge in [-0.2, -0.15) is 0 Å². The van der Waals surface area contributed by atoms with Gasteiger partial charge in [0, 0.05) is 18.5 Å². The van der Waals surface area contributed by atoms with Crippen molar-refractivity contribution in [2.45, 2.75) is 78.2 Å². The van der Waals surface area contributed by atoms with Crippen LogP contribution in [0.15, 0.2) is 15.6 Å². The van der Waals surface area contributed by atoms with Crippen molar-refractivity contribution in [1.82, 2.24) is 20.5 Å². The summed E-state index contributed by atoms with van der Waals surface area (Å²) in [5.41, 5.74) is -0.0219. The second kappa shape index (κ2) is 11.3. The van der Waals surface area contributed by atoms with E-state index in [1.54, 1.807) is 0 Å². The van der Waals surface area contributed by atoms with Gasteiger partial charge in [0.1, 0.15) is 12.3 Å². The van der Waals surface area contributed by atoms with Crippen molar-refractivity contribution in [2.24, 2.45) is 4.99 Å². The number of nitrogens with one attached hydrogen (secondary N) is 2. The number of rotatable bonds is 9. The number of hydrogen-bond acceptors (Lipinski definition) is 4.